The number of nitrogens with two attached hydrogens (primary N) is 1. The lowest BCUT2D eigenvalue weighted by Crippen LogP contribution is -2.28. The van der Waals surface area contributed by atoms with E-state index in [1.54, 1.807) is 48.5 Å². The topological polar surface area (TPSA) is 147 Å². The number of carbonyl (C=O) groups is 1. The monoisotopic (exact) mass is 498 g/mol. The summed E-state index contributed by atoms with van der Waals surface area (Å²) in [6.45, 7) is 4.95. The SMILES string of the molecule is C=C(NCCCO)/C(C#CCCCN1C(=O)c2ccccc2C1O)=C\N=C(N)Nc1ccc(C#N)cc1. The lowest BCUT2D eigenvalue weighted by molar-refractivity contribution is 0.0174. The smallest absolute Gasteiger partial charge is 0.256 e. The number of nitrogens with one attached hydrogen (secondary N) is 2. The van der Waals surface area contributed by atoms with Crippen molar-refractivity contribution < 1.29 is 15.0 Å². The number of hydrogen-bond donors (Lipinski definition) is 5. The number of guanidine groups is 1. The molecule has 6 N–H and O–H groups in total. The van der Waals surface area contributed by atoms with E-state index in [-0.39, 0.29) is 18.5 Å². The summed E-state index contributed by atoms with van der Waals surface area (Å²) in [4.78, 5) is 18.2. The number of nitriles is 1. The molecular formula is C28H30N6O3. The first-order chi connectivity index (χ1) is 17.9. The van der Waals surface area contributed by atoms with Crippen LogP contribution in [0.15, 0.2) is 77.6 Å². The number of aliphatic hydroxyl groups excluding tert-OH is 2. The van der Waals surface area contributed by atoms with Crippen molar-refractivity contribution in [1.29, 1.82) is 5.26 Å². The van der Waals surface area contributed by atoms with Crippen LogP contribution in [-0.4, -0.2) is 46.7 Å². The number of anilines is 1. The largest absolute Gasteiger partial charge is 0.396 e. The Balaban J connectivity index is 1.62. The second-order valence-electron chi connectivity index (χ2n) is 8.22. The van der Waals surface area contributed by atoms with Crippen molar-refractivity contribution in [1.82, 2.24) is 10.2 Å². The molecule has 1 aliphatic heterocycles. The highest BCUT2D eigenvalue weighted by Crippen LogP contribution is 2.31. The van der Waals surface area contributed by atoms with Crippen LogP contribution in [0.5, 0.6) is 0 Å². The van der Waals surface area contributed by atoms with Crippen LogP contribution in [0.4, 0.5) is 5.69 Å². The Morgan fingerprint density at radius 3 is 2.68 bits per heavy atom. The third-order valence-corrected chi connectivity index (χ3v) is 5.57. The second-order valence-corrected chi connectivity index (χ2v) is 8.22. The van der Waals surface area contributed by atoms with Crippen molar-refractivity contribution in [3.63, 3.8) is 0 Å². The highest BCUT2D eigenvalue weighted by Gasteiger charge is 2.34. The van der Waals surface area contributed by atoms with Crippen molar-refractivity contribution in [2.75, 3.05) is 25.0 Å². The fourth-order valence-electron chi connectivity index (χ4n) is 3.61. The van der Waals surface area contributed by atoms with Gasteiger partial charge in [-0.15, -0.1) is 0 Å². The van der Waals surface area contributed by atoms with Crippen LogP contribution in [0, 0.1) is 23.2 Å². The van der Waals surface area contributed by atoms with E-state index in [9.17, 15) is 9.90 Å². The molecule has 0 radical (unpaired) electrons. The predicted molar refractivity (Wildman–Crippen MR) is 143 cm³/mol. The zero-order valence-corrected chi connectivity index (χ0v) is 20.4. The minimum atomic E-state index is -0.941. The number of rotatable bonds is 10. The molecule has 0 bridgehead atoms. The van der Waals surface area contributed by atoms with Gasteiger partial charge in [-0.1, -0.05) is 36.6 Å². The summed E-state index contributed by atoms with van der Waals surface area (Å²) < 4.78 is 0. The zero-order valence-electron chi connectivity index (χ0n) is 20.4. The number of nitrogens with zero attached hydrogens (tertiary/aromatic N) is 3. The summed E-state index contributed by atoms with van der Waals surface area (Å²) in [6, 6.07) is 15.9. The van der Waals surface area contributed by atoms with Crippen LogP contribution in [0.25, 0.3) is 0 Å². The molecule has 1 atom stereocenters. The Hall–Kier alpha value is -4.57. The summed E-state index contributed by atoms with van der Waals surface area (Å²) in [6.07, 6.45) is 2.17. The van der Waals surface area contributed by atoms with Crippen molar-refractivity contribution in [3.05, 3.63) is 89.3 Å². The van der Waals surface area contributed by atoms with E-state index >= 15 is 0 Å². The van der Waals surface area contributed by atoms with Crippen molar-refractivity contribution in [3.8, 4) is 17.9 Å². The van der Waals surface area contributed by atoms with E-state index in [4.69, 9.17) is 16.1 Å². The van der Waals surface area contributed by atoms with Crippen LogP contribution in [-0.2, 0) is 0 Å². The summed E-state index contributed by atoms with van der Waals surface area (Å²) in [5.41, 5.74) is 9.43. The first-order valence-corrected chi connectivity index (χ1v) is 11.9. The molecule has 0 spiro atoms. The van der Waals surface area contributed by atoms with Crippen molar-refractivity contribution in [2.45, 2.75) is 25.5 Å². The molecule has 1 unspecified atom stereocenters. The van der Waals surface area contributed by atoms with Gasteiger partial charge in [-0.25, -0.2) is 4.99 Å². The maximum Gasteiger partial charge on any atom is 0.256 e. The van der Waals surface area contributed by atoms with Gasteiger partial charge in [-0.3, -0.25) is 4.79 Å². The Morgan fingerprint density at radius 1 is 1.22 bits per heavy atom. The lowest BCUT2D eigenvalue weighted by atomic mass is 10.1. The second kappa shape index (κ2) is 13.5. The van der Waals surface area contributed by atoms with E-state index in [2.05, 4.69) is 40.1 Å². The summed E-state index contributed by atoms with van der Waals surface area (Å²) >= 11 is 0. The van der Waals surface area contributed by atoms with Gasteiger partial charge >= 0.3 is 0 Å². The van der Waals surface area contributed by atoms with E-state index < -0.39 is 6.23 Å². The minimum Gasteiger partial charge on any atom is -0.396 e. The van der Waals surface area contributed by atoms with E-state index in [0.717, 1.165) is 0 Å². The molecule has 190 valence electrons. The number of amides is 1. The number of aliphatic imine (C=N–C) groups is 1. The van der Waals surface area contributed by atoms with Crippen molar-refractivity contribution in [2.24, 2.45) is 10.7 Å². The van der Waals surface area contributed by atoms with Gasteiger partial charge in [0.15, 0.2) is 12.2 Å². The molecule has 0 aliphatic carbocycles. The van der Waals surface area contributed by atoms with Crippen molar-refractivity contribution >= 4 is 17.6 Å². The van der Waals surface area contributed by atoms with Gasteiger partial charge in [-0.05, 0) is 43.2 Å². The molecular weight excluding hydrogens is 468 g/mol. The number of unbranched alkanes of at least 4 members (excludes halogenated alkanes) is 1. The molecule has 1 amide bonds. The van der Waals surface area contributed by atoms with Crippen LogP contribution >= 0.6 is 0 Å². The number of fused-ring (bicyclic) bond motifs is 1. The number of benzene rings is 2. The molecule has 9 heteroatoms. The molecule has 1 aliphatic rings. The fraction of sp³-hybridized carbons (Fsp3) is 0.250. The highest BCUT2D eigenvalue weighted by molar-refractivity contribution is 5.98. The maximum atomic E-state index is 12.5. The molecule has 3 rings (SSSR count). The lowest BCUT2D eigenvalue weighted by Gasteiger charge is -2.20. The molecule has 0 saturated heterocycles. The molecule has 37 heavy (non-hydrogen) atoms. The van der Waals surface area contributed by atoms with Crippen LogP contribution in [0.2, 0.25) is 0 Å². The maximum absolute atomic E-state index is 12.5. The van der Waals surface area contributed by atoms with E-state index in [1.165, 1.54) is 11.1 Å². The molecule has 1 heterocycles. The Morgan fingerprint density at radius 2 is 1.97 bits per heavy atom. The van der Waals surface area contributed by atoms with Gasteiger partial charge in [-0.2, -0.15) is 5.26 Å². The number of carbonyl (C=O) groups excluding carboxylic acids is 1. The average molecular weight is 499 g/mol. The standard InChI is InChI=1S/C28H30N6O3/c1-20(31-15-7-17-35)22(19-32-28(30)33-23-13-11-21(18-29)12-14-23)8-3-2-6-16-34-26(36)24-9-4-5-10-25(24)27(34)37/h4-5,9-14,19,26,31,35-36H,1-2,6-7,15-17H2,(H3,30,32,33)/b22-19-. The molecule has 0 saturated carbocycles. The van der Waals surface area contributed by atoms with E-state index in [0.29, 0.717) is 66.0 Å². The van der Waals surface area contributed by atoms with Gasteiger partial charge in [0.1, 0.15) is 0 Å². The number of aliphatic hydroxyl groups is 2. The van der Waals surface area contributed by atoms with Crippen LogP contribution in [0.1, 0.15) is 47.0 Å². The number of hydrogen-bond acceptors (Lipinski definition) is 6. The van der Waals surface area contributed by atoms with Gasteiger partial charge in [0.25, 0.3) is 5.91 Å². The Bertz CT molecular complexity index is 1280. The molecule has 2 aromatic carbocycles. The normalized spacial score (nSPS) is 14.9. The summed E-state index contributed by atoms with van der Waals surface area (Å²) in [5, 5.41) is 34.4. The van der Waals surface area contributed by atoms with Crippen LogP contribution in [0.3, 0.4) is 0 Å². The van der Waals surface area contributed by atoms with Crippen LogP contribution < -0.4 is 16.4 Å². The Kier molecular flexibility index (Phi) is 9.86. The molecule has 9 nitrogen and oxygen atoms in total. The third kappa shape index (κ3) is 7.45. The molecule has 0 fully saturated rings. The number of allylic oxidation sites excluding steroid dienone is 1. The summed E-state index contributed by atoms with van der Waals surface area (Å²) in [5.74, 6) is 6.06. The first-order valence-electron chi connectivity index (χ1n) is 11.9. The van der Waals surface area contributed by atoms with Gasteiger partial charge < -0.3 is 31.5 Å². The summed E-state index contributed by atoms with van der Waals surface area (Å²) in [7, 11) is 0. The third-order valence-electron chi connectivity index (χ3n) is 5.57. The predicted octanol–water partition coefficient (Wildman–Crippen LogP) is 2.58. The van der Waals surface area contributed by atoms with E-state index in [1.807, 2.05) is 0 Å². The quantitative estimate of drug-likeness (QED) is 0.111. The van der Waals surface area contributed by atoms with Gasteiger partial charge in [0, 0.05) is 54.8 Å². The fourth-order valence-corrected chi connectivity index (χ4v) is 3.61. The average Bonchev–Trinajstić information content (AvgIpc) is 3.15. The minimum absolute atomic E-state index is 0.0511. The Labute approximate surface area is 216 Å². The first kappa shape index (κ1) is 27.0. The van der Waals surface area contributed by atoms with Gasteiger partial charge in [0.2, 0.25) is 0 Å². The molecule has 0 aromatic heterocycles. The highest BCUT2D eigenvalue weighted by atomic mass is 16.3. The molecule has 2 aromatic rings. The zero-order chi connectivity index (χ0) is 26.6. The van der Waals surface area contributed by atoms with Gasteiger partial charge in [0.05, 0.1) is 17.2 Å².